The van der Waals surface area contributed by atoms with Crippen LogP contribution in [0.25, 0.3) is 53.6 Å². The molecule has 0 spiro atoms. The summed E-state index contributed by atoms with van der Waals surface area (Å²) >= 11 is 1.84. The molecule has 1 nitrogen and oxygen atoms in total. The van der Waals surface area contributed by atoms with E-state index in [0.29, 0.717) is 0 Å². The molecule has 0 aliphatic carbocycles. The molecule has 8 rings (SSSR count). The fourth-order valence-electron chi connectivity index (χ4n) is 6.05. The third-order valence-electron chi connectivity index (χ3n) is 8.29. The van der Waals surface area contributed by atoms with Crippen molar-refractivity contribution in [2.75, 3.05) is 4.90 Å². The smallest absolute Gasteiger partial charge is 0.0462 e. The van der Waals surface area contributed by atoms with Gasteiger partial charge in [-0.05, 0) is 92.5 Å². The van der Waals surface area contributed by atoms with E-state index in [1.165, 1.54) is 53.6 Å². The molecule has 0 fully saturated rings. The highest BCUT2D eigenvalue weighted by Gasteiger charge is 2.15. The van der Waals surface area contributed by atoms with Gasteiger partial charge >= 0.3 is 0 Å². The van der Waals surface area contributed by atoms with Crippen LogP contribution in [-0.4, -0.2) is 0 Å². The first-order chi connectivity index (χ1) is 21.8. The molecule has 2 heteroatoms. The minimum atomic E-state index is 1.12. The van der Waals surface area contributed by atoms with E-state index in [-0.39, 0.29) is 0 Å². The van der Waals surface area contributed by atoms with Gasteiger partial charge in [-0.25, -0.2) is 0 Å². The van der Waals surface area contributed by atoms with E-state index in [9.17, 15) is 0 Å². The highest BCUT2D eigenvalue weighted by Crippen LogP contribution is 2.40. The van der Waals surface area contributed by atoms with Crippen LogP contribution in [0.3, 0.4) is 0 Å². The van der Waals surface area contributed by atoms with E-state index in [4.69, 9.17) is 0 Å². The molecule has 0 atom stereocenters. The fourth-order valence-corrected chi connectivity index (χ4v) is 7.12. The van der Waals surface area contributed by atoms with E-state index in [1.54, 1.807) is 0 Å². The summed E-state index contributed by atoms with van der Waals surface area (Å²) in [7, 11) is 0. The average Bonchev–Trinajstić information content (AvgIpc) is 3.54. The standard InChI is InChI=1S/C42H29NS/c1-2-9-30(10-3-1)31-17-23-36(24-18-31)43(38-27-21-34(22-28-38)42-29-35-12-5-7-16-41(35)44-42)37-25-19-33(20-26-37)40-15-8-13-32-11-4-6-14-39(32)40/h1-29H. The highest BCUT2D eigenvalue weighted by molar-refractivity contribution is 7.22. The molecule has 0 aliphatic heterocycles. The minimum Gasteiger partial charge on any atom is -0.311 e. The van der Waals surface area contributed by atoms with Gasteiger partial charge in [-0.3, -0.25) is 0 Å². The normalized spacial score (nSPS) is 11.2. The maximum Gasteiger partial charge on any atom is 0.0462 e. The van der Waals surface area contributed by atoms with Gasteiger partial charge in [0.15, 0.2) is 0 Å². The number of hydrogen-bond donors (Lipinski definition) is 0. The Hall–Kier alpha value is -5.44. The van der Waals surface area contributed by atoms with Crippen LogP contribution in [0.15, 0.2) is 176 Å². The van der Waals surface area contributed by atoms with Gasteiger partial charge in [-0.15, -0.1) is 11.3 Å². The SMILES string of the molecule is c1ccc(-c2ccc(N(c3ccc(-c4cc5ccccc5s4)cc3)c3ccc(-c4cccc5ccccc45)cc3)cc2)cc1. The lowest BCUT2D eigenvalue weighted by Crippen LogP contribution is -2.09. The van der Waals surface area contributed by atoms with Crippen molar-refractivity contribution in [2.45, 2.75) is 0 Å². The molecule has 1 aromatic heterocycles. The summed E-state index contributed by atoms with van der Waals surface area (Å²) in [4.78, 5) is 3.63. The number of benzene rings is 7. The van der Waals surface area contributed by atoms with Crippen molar-refractivity contribution < 1.29 is 0 Å². The van der Waals surface area contributed by atoms with Crippen LogP contribution < -0.4 is 4.90 Å². The molecule has 0 N–H and O–H groups in total. The monoisotopic (exact) mass is 579 g/mol. The topological polar surface area (TPSA) is 3.24 Å². The van der Waals surface area contributed by atoms with Gasteiger partial charge in [0, 0.05) is 26.6 Å². The zero-order chi connectivity index (χ0) is 29.3. The zero-order valence-electron chi connectivity index (χ0n) is 24.1. The Kier molecular flexibility index (Phi) is 6.75. The van der Waals surface area contributed by atoms with Crippen LogP contribution in [-0.2, 0) is 0 Å². The first-order valence-electron chi connectivity index (χ1n) is 14.9. The highest BCUT2D eigenvalue weighted by atomic mass is 32.1. The summed E-state index contributed by atoms with van der Waals surface area (Å²) in [5, 5.41) is 3.82. The van der Waals surface area contributed by atoms with E-state index in [2.05, 4.69) is 181 Å². The Balaban J connectivity index is 1.18. The molecular formula is C42H29NS. The van der Waals surface area contributed by atoms with E-state index in [1.807, 2.05) is 11.3 Å². The molecule has 0 saturated heterocycles. The van der Waals surface area contributed by atoms with Crippen LogP contribution in [0.2, 0.25) is 0 Å². The Labute approximate surface area is 261 Å². The Morgan fingerprint density at radius 2 is 0.886 bits per heavy atom. The van der Waals surface area contributed by atoms with Gasteiger partial charge in [-0.1, -0.05) is 127 Å². The van der Waals surface area contributed by atoms with E-state index in [0.717, 1.165) is 17.1 Å². The Morgan fingerprint density at radius 3 is 1.57 bits per heavy atom. The second-order valence-electron chi connectivity index (χ2n) is 11.0. The van der Waals surface area contributed by atoms with Gasteiger partial charge in [0.2, 0.25) is 0 Å². The van der Waals surface area contributed by atoms with Crippen molar-refractivity contribution in [1.82, 2.24) is 0 Å². The predicted octanol–water partition coefficient (Wildman–Crippen LogP) is 12.5. The lowest BCUT2D eigenvalue weighted by atomic mass is 9.98. The Bertz CT molecular complexity index is 2150. The van der Waals surface area contributed by atoms with Crippen molar-refractivity contribution in [2.24, 2.45) is 0 Å². The third-order valence-corrected chi connectivity index (χ3v) is 9.46. The molecule has 0 saturated carbocycles. The molecule has 0 amide bonds. The maximum atomic E-state index is 2.34. The average molecular weight is 580 g/mol. The van der Waals surface area contributed by atoms with Gasteiger partial charge in [-0.2, -0.15) is 0 Å². The van der Waals surface area contributed by atoms with Crippen molar-refractivity contribution in [3.63, 3.8) is 0 Å². The second-order valence-corrected chi connectivity index (χ2v) is 12.1. The first kappa shape index (κ1) is 26.2. The zero-order valence-corrected chi connectivity index (χ0v) is 24.9. The number of hydrogen-bond acceptors (Lipinski definition) is 2. The first-order valence-corrected chi connectivity index (χ1v) is 15.7. The van der Waals surface area contributed by atoms with Gasteiger partial charge in [0.25, 0.3) is 0 Å². The largest absolute Gasteiger partial charge is 0.311 e. The molecule has 208 valence electrons. The van der Waals surface area contributed by atoms with Crippen molar-refractivity contribution in [3.8, 4) is 32.7 Å². The number of thiophene rings is 1. The van der Waals surface area contributed by atoms with E-state index < -0.39 is 0 Å². The fraction of sp³-hybridized carbons (Fsp3) is 0. The van der Waals surface area contributed by atoms with Crippen LogP contribution in [0.5, 0.6) is 0 Å². The number of anilines is 3. The quantitative estimate of drug-likeness (QED) is 0.189. The molecule has 44 heavy (non-hydrogen) atoms. The summed E-state index contributed by atoms with van der Waals surface area (Å²) in [5.41, 5.74) is 9.50. The molecule has 0 bridgehead atoms. The summed E-state index contributed by atoms with van der Waals surface area (Å²) in [6.45, 7) is 0. The molecule has 0 unspecified atom stereocenters. The number of nitrogens with zero attached hydrogens (tertiary/aromatic N) is 1. The summed E-state index contributed by atoms with van der Waals surface area (Å²) in [6, 6.07) is 63.4. The Morgan fingerprint density at radius 1 is 0.364 bits per heavy atom. The number of rotatable bonds is 6. The summed E-state index contributed by atoms with van der Waals surface area (Å²) < 4.78 is 1.32. The lowest BCUT2D eigenvalue weighted by Gasteiger charge is -2.26. The number of fused-ring (bicyclic) bond motifs is 2. The van der Waals surface area contributed by atoms with Crippen molar-refractivity contribution in [3.05, 3.63) is 176 Å². The van der Waals surface area contributed by atoms with E-state index >= 15 is 0 Å². The van der Waals surface area contributed by atoms with Crippen molar-refractivity contribution in [1.29, 1.82) is 0 Å². The van der Waals surface area contributed by atoms with Crippen LogP contribution in [0.4, 0.5) is 17.1 Å². The molecule has 8 aromatic rings. The summed E-state index contributed by atoms with van der Waals surface area (Å²) in [5.74, 6) is 0. The molecule has 0 aliphatic rings. The minimum absolute atomic E-state index is 1.12. The van der Waals surface area contributed by atoms with Crippen molar-refractivity contribution >= 4 is 49.3 Å². The summed E-state index contributed by atoms with van der Waals surface area (Å²) in [6.07, 6.45) is 0. The molecule has 0 radical (unpaired) electrons. The van der Waals surface area contributed by atoms with Crippen LogP contribution in [0.1, 0.15) is 0 Å². The van der Waals surface area contributed by atoms with Gasteiger partial charge in [0.1, 0.15) is 0 Å². The van der Waals surface area contributed by atoms with Gasteiger partial charge < -0.3 is 4.90 Å². The second kappa shape index (κ2) is 11.3. The van der Waals surface area contributed by atoms with Gasteiger partial charge in [0.05, 0.1) is 0 Å². The maximum absolute atomic E-state index is 2.34. The van der Waals surface area contributed by atoms with Crippen LogP contribution in [0, 0.1) is 0 Å². The van der Waals surface area contributed by atoms with Crippen LogP contribution >= 0.6 is 11.3 Å². The molecule has 1 heterocycles. The third kappa shape index (κ3) is 4.96. The predicted molar refractivity (Wildman–Crippen MR) is 190 cm³/mol. The molecular weight excluding hydrogens is 551 g/mol. The lowest BCUT2D eigenvalue weighted by molar-refractivity contribution is 1.28. The molecule has 7 aromatic carbocycles.